The van der Waals surface area contributed by atoms with Gasteiger partial charge in [0.25, 0.3) is 5.91 Å². The molecule has 6 nitrogen and oxygen atoms in total. The van der Waals surface area contributed by atoms with Gasteiger partial charge in [-0.2, -0.15) is 5.26 Å². The summed E-state index contributed by atoms with van der Waals surface area (Å²) in [5.74, 6) is 4.94. The summed E-state index contributed by atoms with van der Waals surface area (Å²) in [6, 6.07) is 10.3. The molecule has 0 bridgehead atoms. The van der Waals surface area contributed by atoms with Crippen LogP contribution in [0.3, 0.4) is 0 Å². The highest BCUT2D eigenvalue weighted by molar-refractivity contribution is 6.08. The van der Waals surface area contributed by atoms with E-state index in [9.17, 15) is 4.79 Å². The lowest BCUT2D eigenvalue weighted by atomic mass is 10.1. The highest BCUT2D eigenvalue weighted by atomic mass is 16.1. The van der Waals surface area contributed by atoms with Crippen LogP contribution in [-0.2, 0) is 0 Å². The molecule has 1 aromatic heterocycles. The molecular formula is C13H11N5O. The van der Waals surface area contributed by atoms with Gasteiger partial charge in [0.15, 0.2) is 0 Å². The average molecular weight is 253 g/mol. The number of carbonyl (C=O) groups excluding carboxylic acids is 1. The van der Waals surface area contributed by atoms with Gasteiger partial charge >= 0.3 is 0 Å². The lowest BCUT2D eigenvalue weighted by molar-refractivity contribution is 0.102. The third kappa shape index (κ3) is 2.68. The molecule has 0 atom stereocenters. The van der Waals surface area contributed by atoms with Crippen LogP contribution in [0.4, 0.5) is 11.4 Å². The van der Waals surface area contributed by atoms with E-state index in [0.29, 0.717) is 22.5 Å². The topological polar surface area (TPSA) is 104 Å². The molecule has 2 aromatic rings. The number of amides is 1. The Hall–Kier alpha value is -2.91. The fourth-order valence-electron chi connectivity index (χ4n) is 1.58. The van der Waals surface area contributed by atoms with Gasteiger partial charge in [-0.15, -0.1) is 0 Å². The zero-order valence-corrected chi connectivity index (χ0v) is 9.92. The molecule has 0 radical (unpaired) electrons. The van der Waals surface area contributed by atoms with E-state index in [1.807, 2.05) is 6.07 Å². The minimum atomic E-state index is -0.385. The van der Waals surface area contributed by atoms with Crippen LogP contribution in [0.5, 0.6) is 0 Å². The zero-order valence-electron chi connectivity index (χ0n) is 9.92. The zero-order chi connectivity index (χ0) is 13.7. The van der Waals surface area contributed by atoms with Crippen LogP contribution in [-0.4, -0.2) is 10.9 Å². The second-order valence-electron chi connectivity index (χ2n) is 3.68. The second kappa shape index (κ2) is 5.62. The Balaban J connectivity index is 2.29. The van der Waals surface area contributed by atoms with Gasteiger partial charge in [-0.05, 0) is 18.2 Å². The first-order valence-electron chi connectivity index (χ1n) is 5.47. The van der Waals surface area contributed by atoms with Crippen LogP contribution in [0.25, 0.3) is 0 Å². The first kappa shape index (κ1) is 12.5. The van der Waals surface area contributed by atoms with Crippen molar-refractivity contribution in [3.63, 3.8) is 0 Å². The van der Waals surface area contributed by atoms with E-state index >= 15 is 0 Å². The number of nitrogens with two attached hydrogens (primary N) is 1. The monoisotopic (exact) mass is 253 g/mol. The Morgan fingerprint density at radius 1 is 1.26 bits per heavy atom. The first-order valence-corrected chi connectivity index (χ1v) is 5.47. The molecule has 1 aromatic carbocycles. The number of para-hydroxylation sites is 1. The minimum absolute atomic E-state index is 0.303. The third-order valence-electron chi connectivity index (χ3n) is 2.52. The number of aromatic nitrogens is 1. The summed E-state index contributed by atoms with van der Waals surface area (Å²) in [5, 5.41) is 11.6. The van der Waals surface area contributed by atoms with Crippen molar-refractivity contribution in [2.24, 2.45) is 5.84 Å². The number of carbonyl (C=O) groups is 1. The Morgan fingerprint density at radius 2 is 2.05 bits per heavy atom. The summed E-state index contributed by atoms with van der Waals surface area (Å²) in [4.78, 5) is 16.0. The Morgan fingerprint density at radius 3 is 2.79 bits per heavy atom. The van der Waals surface area contributed by atoms with E-state index in [1.54, 1.807) is 30.3 Å². The molecule has 19 heavy (non-hydrogen) atoms. The molecule has 94 valence electrons. The predicted molar refractivity (Wildman–Crippen MR) is 71.2 cm³/mol. The van der Waals surface area contributed by atoms with Crippen LogP contribution in [0.1, 0.15) is 15.9 Å². The fourth-order valence-corrected chi connectivity index (χ4v) is 1.58. The number of benzene rings is 1. The maximum absolute atomic E-state index is 12.1. The maximum atomic E-state index is 12.1. The number of hydrogen-bond donors (Lipinski definition) is 3. The largest absolute Gasteiger partial charge is 0.323 e. The smallest absolute Gasteiger partial charge is 0.259 e. The van der Waals surface area contributed by atoms with Crippen molar-refractivity contribution >= 4 is 17.3 Å². The van der Waals surface area contributed by atoms with E-state index in [0.717, 1.165) is 0 Å². The van der Waals surface area contributed by atoms with Crippen LogP contribution < -0.4 is 16.6 Å². The summed E-state index contributed by atoms with van der Waals surface area (Å²) < 4.78 is 0. The van der Waals surface area contributed by atoms with Gasteiger partial charge in [-0.1, -0.05) is 12.1 Å². The Bertz CT molecular complexity index is 647. The molecule has 0 fully saturated rings. The number of nitrogen functional groups attached to an aromatic ring is 1. The van der Waals surface area contributed by atoms with Gasteiger partial charge in [0, 0.05) is 12.4 Å². The number of nitrogens with zero attached hydrogens (tertiary/aromatic N) is 2. The number of anilines is 2. The normalized spacial score (nSPS) is 9.47. The fraction of sp³-hybridized carbons (Fsp3) is 0. The molecule has 0 aliphatic heterocycles. The van der Waals surface area contributed by atoms with Crippen molar-refractivity contribution in [1.29, 1.82) is 5.26 Å². The van der Waals surface area contributed by atoms with Crippen LogP contribution in [0.2, 0.25) is 0 Å². The van der Waals surface area contributed by atoms with E-state index in [1.165, 1.54) is 12.4 Å². The van der Waals surface area contributed by atoms with Crippen LogP contribution >= 0.6 is 0 Å². The highest BCUT2D eigenvalue weighted by Gasteiger charge is 2.12. The quantitative estimate of drug-likeness (QED) is 0.568. The van der Waals surface area contributed by atoms with Crippen LogP contribution in [0.15, 0.2) is 42.7 Å². The molecule has 0 unspecified atom stereocenters. The minimum Gasteiger partial charge on any atom is -0.323 e. The average Bonchev–Trinajstić information content (AvgIpc) is 2.47. The summed E-state index contributed by atoms with van der Waals surface area (Å²) in [6.07, 6.45) is 2.93. The first-order chi connectivity index (χ1) is 9.26. The summed E-state index contributed by atoms with van der Waals surface area (Å²) in [5.41, 5.74) is 4.03. The molecular weight excluding hydrogens is 242 g/mol. The summed E-state index contributed by atoms with van der Waals surface area (Å²) in [6.45, 7) is 0. The van der Waals surface area contributed by atoms with E-state index < -0.39 is 0 Å². The molecule has 4 N–H and O–H groups in total. The second-order valence-corrected chi connectivity index (χ2v) is 3.68. The van der Waals surface area contributed by atoms with Gasteiger partial charge in [0.05, 0.1) is 22.5 Å². The van der Waals surface area contributed by atoms with Crippen molar-refractivity contribution < 1.29 is 4.79 Å². The Kier molecular flexibility index (Phi) is 3.71. The molecule has 0 saturated heterocycles. The lowest BCUT2D eigenvalue weighted by Gasteiger charge is -2.09. The van der Waals surface area contributed by atoms with Crippen LogP contribution in [0, 0.1) is 11.3 Å². The molecule has 0 aliphatic carbocycles. The predicted octanol–water partition coefficient (Wildman–Crippen LogP) is 1.49. The SMILES string of the molecule is N#Cc1ccccc1NC(=O)c1cnccc1NN. The number of hydrogen-bond acceptors (Lipinski definition) is 5. The van der Waals surface area contributed by atoms with Crippen molar-refractivity contribution in [1.82, 2.24) is 4.98 Å². The molecule has 0 saturated carbocycles. The number of pyridine rings is 1. The maximum Gasteiger partial charge on any atom is 0.259 e. The molecule has 0 aliphatic rings. The summed E-state index contributed by atoms with van der Waals surface area (Å²) in [7, 11) is 0. The molecule has 1 heterocycles. The standard InChI is InChI=1S/C13H11N5O/c14-7-9-3-1-2-4-11(9)17-13(19)10-8-16-6-5-12(10)18-15/h1-6,8H,15H2,(H,16,18)(H,17,19). The van der Waals surface area contributed by atoms with Crippen molar-refractivity contribution in [3.8, 4) is 6.07 Å². The molecule has 0 spiro atoms. The number of rotatable bonds is 3. The number of nitriles is 1. The Labute approximate surface area is 109 Å². The van der Waals surface area contributed by atoms with Gasteiger partial charge in [-0.3, -0.25) is 15.6 Å². The van der Waals surface area contributed by atoms with Crippen molar-refractivity contribution in [2.75, 3.05) is 10.7 Å². The lowest BCUT2D eigenvalue weighted by Crippen LogP contribution is -2.18. The van der Waals surface area contributed by atoms with Crippen molar-refractivity contribution in [3.05, 3.63) is 53.9 Å². The van der Waals surface area contributed by atoms with E-state index in [4.69, 9.17) is 11.1 Å². The van der Waals surface area contributed by atoms with Gasteiger partial charge in [0.2, 0.25) is 0 Å². The summed E-state index contributed by atoms with van der Waals surface area (Å²) >= 11 is 0. The van der Waals surface area contributed by atoms with Gasteiger partial charge < -0.3 is 10.7 Å². The number of hydrazine groups is 1. The highest BCUT2D eigenvalue weighted by Crippen LogP contribution is 2.17. The molecule has 2 rings (SSSR count). The van der Waals surface area contributed by atoms with Gasteiger partial charge in [0.1, 0.15) is 6.07 Å². The third-order valence-corrected chi connectivity index (χ3v) is 2.52. The molecule has 6 heteroatoms. The van der Waals surface area contributed by atoms with E-state index in [-0.39, 0.29) is 5.91 Å². The number of nitrogens with one attached hydrogen (secondary N) is 2. The molecule has 1 amide bonds. The van der Waals surface area contributed by atoms with Crippen molar-refractivity contribution in [2.45, 2.75) is 0 Å². The van der Waals surface area contributed by atoms with Gasteiger partial charge in [-0.25, -0.2) is 0 Å². The van der Waals surface area contributed by atoms with E-state index in [2.05, 4.69) is 15.7 Å².